The number of hydrogen-bond donors (Lipinski definition) is 0. The highest BCUT2D eigenvalue weighted by Gasteiger charge is 2.26. The zero-order chi connectivity index (χ0) is 22.1. The Kier molecular flexibility index (Phi) is 5.71. The van der Waals surface area contributed by atoms with E-state index in [1.165, 1.54) is 6.07 Å². The number of carbonyl (C=O) groups is 2. The van der Waals surface area contributed by atoms with Gasteiger partial charge in [-0.25, -0.2) is 9.78 Å². The number of ether oxygens (including phenoxy) is 1. The maximum atomic E-state index is 12.6. The van der Waals surface area contributed by atoms with Crippen LogP contribution in [-0.2, 0) is 16.0 Å². The molecule has 4 rings (SSSR count). The number of non-ortho nitro benzene ring substituents is 1. The Morgan fingerprint density at radius 2 is 2.10 bits per heavy atom. The van der Waals surface area contributed by atoms with Gasteiger partial charge in [-0.2, -0.15) is 0 Å². The highest BCUT2D eigenvalue weighted by atomic mass is 35.5. The molecule has 158 valence electrons. The van der Waals surface area contributed by atoms with Crippen LogP contribution in [0.2, 0.25) is 5.02 Å². The van der Waals surface area contributed by atoms with E-state index in [9.17, 15) is 19.7 Å². The van der Waals surface area contributed by atoms with Crippen molar-refractivity contribution in [1.29, 1.82) is 0 Å². The number of hydrogen-bond acceptors (Lipinski definition) is 7. The molecule has 31 heavy (non-hydrogen) atoms. The zero-order valence-corrected chi connectivity index (χ0v) is 17.9. The smallest absolute Gasteiger partial charge is 0.340 e. The molecule has 10 heteroatoms. The minimum absolute atomic E-state index is 0.0370. The van der Waals surface area contributed by atoms with Gasteiger partial charge in [0.2, 0.25) is 0 Å². The lowest BCUT2D eigenvalue weighted by molar-refractivity contribution is -0.384. The van der Waals surface area contributed by atoms with Crippen molar-refractivity contribution in [3.05, 3.63) is 73.0 Å². The molecule has 0 bridgehead atoms. The van der Waals surface area contributed by atoms with E-state index in [1.54, 1.807) is 16.2 Å². The fourth-order valence-corrected chi connectivity index (χ4v) is 4.26. The number of fused-ring (bicyclic) bond motifs is 1. The number of nitro benzene ring substituents is 1. The van der Waals surface area contributed by atoms with Crippen molar-refractivity contribution < 1.29 is 19.2 Å². The molecule has 1 aromatic heterocycles. The van der Waals surface area contributed by atoms with Crippen LogP contribution in [0.3, 0.4) is 0 Å². The Bertz CT molecular complexity index is 1210. The number of benzene rings is 2. The Labute approximate surface area is 186 Å². The summed E-state index contributed by atoms with van der Waals surface area (Å²) in [5.74, 6) is -1.18. The third-order valence-electron chi connectivity index (χ3n) is 4.90. The van der Waals surface area contributed by atoms with Crippen LogP contribution < -0.4 is 4.90 Å². The van der Waals surface area contributed by atoms with Gasteiger partial charge in [-0.15, -0.1) is 11.3 Å². The maximum absolute atomic E-state index is 12.6. The number of esters is 1. The summed E-state index contributed by atoms with van der Waals surface area (Å²) in [5.41, 5.74) is 3.44. The van der Waals surface area contributed by atoms with Gasteiger partial charge in [0, 0.05) is 35.3 Å². The van der Waals surface area contributed by atoms with Crippen LogP contribution in [0.15, 0.2) is 41.8 Å². The topological polar surface area (TPSA) is 103 Å². The van der Waals surface area contributed by atoms with Gasteiger partial charge in [0.05, 0.1) is 26.2 Å². The predicted molar refractivity (Wildman–Crippen MR) is 117 cm³/mol. The first-order valence-electron chi connectivity index (χ1n) is 9.30. The SMILES string of the molecule is Cc1nc(-c2ccc3c(c2)CCN3C(=O)COC(=O)c2ccc([N+](=O)[O-])cc2Cl)cs1. The van der Waals surface area contributed by atoms with Gasteiger partial charge in [0.15, 0.2) is 6.61 Å². The molecule has 0 radical (unpaired) electrons. The van der Waals surface area contributed by atoms with Crippen molar-refractivity contribution in [2.45, 2.75) is 13.3 Å². The zero-order valence-electron chi connectivity index (χ0n) is 16.3. The number of halogens is 1. The minimum atomic E-state index is -0.818. The normalized spacial score (nSPS) is 12.5. The van der Waals surface area contributed by atoms with Crippen molar-refractivity contribution >= 4 is 46.2 Å². The van der Waals surface area contributed by atoms with Crippen LogP contribution >= 0.6 is 22.9 Å². The molecule has 0 aliphatic carbocycles. The van der Waals surface area contributed by atoms with Crippen LogP contribution in [0.25, 0.3) is 11.3 Å². The van der Waals surface area contributed by atoms with Gasteiger partial charge >= 0.3 is 5.97 Å². The van der Waals surface area contributed by atoms with Gasteiger partial charge in [0.1, 0.15) is 0 Å². The lowest BCUT2D eigenvalue weighted by Gasteiger charge is -2.17. The first-order chi connectivity index (χ1) is 14.8. The number of aromatic nitrogens is 1. The first-order valence-corrected chi connectivity index (χ1v) is 10.6. The molecule has 0 atom stereocenters. The monoisotopic (exact) mass is 457 g/mol. The molecule has 0 spiro atoms. The second-order valence-electron chi connectivity index (χ2n) is 6.89. The fraction of sp³-hybridized carbons (Fsp3) is 0.190. The lowest BCUT2D eigenvalue weighted by atomic mass is 10.1. The number of anilines is 1. The molecule has 2 heterocycles. The molecular weight excluding hydrogens is 442 g/mol. The molecule has 2 aromatic carbocycles. The lowest BCUT2D eigenvalue weighted by Crippen LogP contribution is -2.33. The average molecular weight is 458 g/mol. The number of thiazole rings is 1. The van der Waals surface area contributed by atoms with E-state index < -0.39 is 17.5 Å². The summed E-state index contributed by atoms with van der Waals surface area (Å²) < 4.78 is 5.10. The quantitative estimate of drug-likeness (QED) is 0.319. The predicted octanol–water partition coefficient (Wildman–Crippen LogP) is 4.43. The summed E-state index contributed by atoms with van der Waals surface area (Å²) in [5, 5.41) is 13.7. The highest BCUT2D eigenvalue weighted by Crippen LogP contribution is 2.33. The van der Waals surface area contributed by atoms with E-state index in [4.69, 9.17) is 16.3 Å². The summed E-state index contributed by atoms with van der Waals surface area (Å²) in [6.07, 6.45) is 0.695. The van der Waals surface area contributed by atoms with Gasteiger partial charge in [0.25, 0.3) is 11.6 Å². The number of amides is 1. The van der Waals surface area contributed by atoms with Crippen LogP contribution in [0.1, 0.15) is 20.9 Å². The van der Waals surface area contributed by atoms with E-state index in [-0.39, 0.29) is 22.2 Å². The van der Waals surface area contributed by atoms with Crippen molar-refractivity contribution in [3.63, 3.8) is 0 Å². The molecule has 0 saturated heterocycles. The molecular formula is C21H16ClN3O5S. The standard InChI is InChI=1S/C21H16ClN3O5S/c1-12-23-18(11-31-12)13-2-5-19-14(8-13)6-7-24(19)20(26)10-30-21(27)16-4-3-15(25(28)29)9-17(16)22/h2-5,8-9,11H,6-7,10H2,1H3. The number of aryl methyl sites for hydroxylation is 1. The summed E-state index contributed by atoms with van der Waals surface area (Å²) in [7, 11) is 0. The van der Waals surface area contributed by atoms with E-state index in [0.717, 1.165) is 39.6 Å². The van der Waals surface area contributed by atoms with Crippen molar-refractivity contribution in [2.75, 3.05) is 18.1 Å². The Morgan fingerprint density at radius 3 is 2.77 bits per heavy atom. The molecule has 1 aliphatic rings. The van der Waals surface area contributed by atoms with E-state index in [1.807, 2.05) is 30.5 Å². The molecule has 1 amide bonds. The summed E-state index contributed by atoms with van der Waals surface area (Å²) >= 11 is 7.52. The molecule has 0 fully saturated rings. The van der Waals surface area contributed by atoms with E-state index >= 15 is 0 Å². The number of carbonyl (C=O) groups excluding carboxylic acids is 2. The van der Waals surface area contributed by atoms with Crippen molar-refractivity contribution in [3.8, 4) is 11.3 Å². The summed E-state index contributed by atoms with van der Waals surface area (Å²) in [6.45, 7) is 1.98. The largest absolute Gasteiger partial charge is 0.452 e. The van der Waals surface area contributed by atoms with Gasteiger partial charge in [-0.3, -0.25) is 14.9 Å². The molecule has 8 nitrogen and oxygen atoms in total. The maximum Gasteiger partial charge on any atom is 0.340 e. The van der Waals surface area contributed by atoms with Crippen molar-refractivity contribution in [2.24, 2.45) is 0 Å². The number of rotatable bonds is 5. The van der Waals surface area contributed by atoms with E-state index in [2.05, 4.69) is 4.98 Å². The fourth-order valence-electron chi connectivity index (χ4n) is 3.38. The molecule has 0 N–H and O–H groups in total. The van der Waals surface area contributed by atoms with Crippen LogP contribution in [0, 0.1) is 17.0 Å². The Balaban J connectivity index is 1.42. The molecule has 0 saturated carbocycles. The number of nitrogens with zero attached hydrogens (tertiary/aromatic N) is 3. The number of nitro groups is 1. The molecule has 3 aromatic rings. The molecule has 1 aliphatic heterocycles. The Hall–Kier alpha value is -3.30. The van der Waals surface area contributed by atoms with Gasteiger partial charge in [-0.1, -0.05) is 17.7 Å². The highest BCUT2D eigenvalue weighted by molar-refractivity contribution is 7.09. The molecule has 0 unspecified atom stereocenters. The average Bonchev–Trinajstić information content (AvgIpc) is 3.37. The van der Waals surface area contributed by atoms with Crippen LogP contribution in [0.4, 0.5) is 11.4 Å². The third kappa shape index (κ3) is 4.28. The summed E-state index contributed by atoms with van der Waals surface area (Å²) in [6, 6.07) is 9.25. The first kappa shape index (κ1) is 21.0. The van der Waals surface area contributed by atoms with Crippen molar-refractivity contribution in [1.82, 2.24) is 4.98 Å². The summed E-state index contributed by atoms with van der Waals surface area (Å²) in [4.78, 5) is 41.1. The second-order valence-corrected chi connectivity index (χ2v) is 8.36. The van der Waals surface area contributed by atoms with Gasteiger partial charge < -0.3 is 9.64 Å². The van der Waals surface area contributed by atoms with E-state index in [0.29, 0.717) is 13.0 Å². The van der Waals surface area contributed by atoms with Crippen LogP contribution in [0.5, 0.6) is 0 Å². The second kappa shape index (κ2) is 8.44. The minimum Gasteiger partial charge on any atom is -0.452 e. The Morgan fingerprint density at radius 1 is 1.29 bits per heavy atom. The third-order valence-corrected chi connectivity index (χ3v) is 5.99. The van der Waals surface area contributed by atoms with Gasteiger partial charge in [-0.05, 0) is 37.1 Å². The van der Waals surface area contributed by atoms with Crippen LogP contribution in [-0.4, -0.2) is 34.9 Å².